The lowest BCUT2D eigenvalue weighted by molar-refractivity contribution is 0.777. The molecule has 0 radical (unpaired) electrons. The molecule has 0 aliphatic heterocycles. The van der Waals surface area contributed by atoms with Gasteiger partial charge in [0.05, 0.1) is 12.5 Å². The molecule has 0 unspecified atom stereocenters. The predicted octanol–water partition coefficient (Wildman–Crippen LogP) is 1.59. The van der Waals surface area contributed by atoms with Crippen molar-refractivity contribution >= 4 is 23.4 Å². The molecule has 5 nitrogen and oxygen atoms in total. The number of halogens is 1. The molecular weight excluding hydrogens is 226 g/mol. The van der Waals surface area contributed by atoms with Gasteiger partial charge in [-0.2, -0.15) is 10.2 Å². The van der Waals surface area contributed by atoms with Gasteiger partial charge in [-0.3, -0.25) is 0 Å². The van der Waals surface area contributed by atoms with E-state index in [0.717, 1.165) is 18.7 Å². The Kier molecular flexibility index (Phi) is 3.11. The largest absolute Gasteiger partial charge is 0.368 e. The molecule has 1 heterocycles. The maximum atomic E-state index is 8.61. The molecular formula is C10H12ClN5. The van der Waals surface area contributed by atoms with Gasteiger partial charge in [0.25, 0.3) is 0 Å². The SMILES string of the molecule is N#CCCN(c1cc(Cl)nc(N)n1)C1CC1. The average Bonchev–Trinajstić information content (AvgIpc) is 3.01. The van der Waals surface area contributed by atoms with Crippen molar-refractivity contribution in [1.29, 1.82) is 5.26 Å². The molecule has 0 spiro atoms. The zero-order valence-electron chi connectivity index (χ0n) is 8.73. The minimum atomic E-state index is 0.171. The van der Waals surface area contributed by atoms with Crippen LogP contribution < -0.4 is 10.6 Å². The van der Waals surface area contributed by atoms with Gasteiger partial charge >= 0.3 is 0 Å². The highest BCUT2D eigenvalue weighted by Crippen LogP contribution is 2.31. The van der Waals surface area contributed by atoms with Crippen molar-refractivity contribution in [1.82, 2.24) is 9.97 Å². The van der Waals surface area contributed by atoms with Gasteiger partial charge in [0.1, 0.15) is 11.0 Å². The Morgan fingerprint density at radius 3 is 2.88 bits per heavy atom. The second-order valence-electron chi connectivity index (χ2n) is 3.74. The van der Waals surface area contributed by atoms with E-state index in [1.807, 2.05) is 0 Å². The number of nitrogens with zero attached hydrogens (tertiary/aromatic N) is 4. The normalized spacial score (nSPS) is 14.5. The van der Waals surface area contributed by atoms with Crippen LogP contribution in [0.4, 0.5) is 11.8 Å². The Hall–Kier alpha value is -1.54. The summed E-state index contributed by atoms with van der Waals surface area (Å²) >= 11 is 5.83. The molecule has 1 aromatic rings. The van der Waals surface area contributed by atoms with Gasteiger partial charge in [0.15, 0.2) is 0 Å². The quantitative estimate of drug-likeness (QED) is 0.805. The highest BCUT2D eigenvalue weighted by Gasteiger charge is 2.30. The molecule has 0 bridgehead atoms. The Labute approximate surface area is 98.9 Å². The molecule has 1 aliphatic rings. The van der Waals surface area contributed by atoms with Crippen LogP contribution in [0, 0.1) is 11.3 Å². The van der Waals surface area contributed by atoms with Crippen molar-refractivity contribution in [3.63, 3.8) is 0 Å². The Morgan fingerprint density at radius 2 is 2.31 bits per heavy atom. The van der Waals surface area contributed by atoms with E-state index >= 15 is 0 Å². The minimum Gasteiger partial charge on any atom is -0.368 e. The van der Waals surface area contributed by atoms with E-state index in [4.69, 9.17) is 22.6 Å². The number of aromatic nitrogens is 2. The summed E-state index contributed by atoms with van der Waals surface area (Å²) in [6.07, 6.45) is 2.73. The van der Waals surface area contributed by atoms with E-state index in [0.29, 0.717) is 24.2 Å². The molecule has 6 heteroatoms. The first-order valence-corrected chi connectivity index (χ1v) is 5.52. The standard InChI is InChI=1S/C10H12ClN5/c11-8-6-9(15-10(13)14-8)16(5-1-4-12)7-2-3-7/h6-7H,1-3,5H2,(H2,13,14,15). The molecule has 0 atom stereocenters. The van der Waals surface area contributed by atoms with Crippen LogP contribution in [0.15, 0.2) is 6.07 Å². The van der Waals surface area contributed by atoms with E-state index < -0.39 is 0 Å². The fourth-order valence-corrected chi connectivity index (χ4v) is 1.80. The van der Waals surface area contributed by atoms with Crippen LogP contribution in [0.1, 0.15) is 19.3 Å². The zero-order valence-corrected chi connectivity index (χ0v) is 9.48. The van der Waals surface area contributed by atoms with Crippen molar-refractivity contribution < 1.29 is 0 Å². The van der Waals surface area contributed by atoms with Crippen molar-refractivity contribution in [3.8, 4) is 6.07 Å². The van der Waals surface area contributed by atoms with E-state index in [9.17, 15) is 0 Å². The molecule has 1 fully saturated rings. The van der Waals surface area contributed by atoms with Crippen molar-refractivity contribution in [2.24, 2.45) is 0 Å². The molecule has 0 aromatic carbocycles. The Bertz CT molecular complexity index is 403. The molecule has 1 saturated carbocycles. The van der Waals surface area contributed by atoms with E-state index in [1.165, 1.54) is 0 Å². The third kappa shape index (κ3) is 2.52. The number of nitrogen functional groups attached to an aromatic ring is 1. The molecule has 16 heavy (non-hydrogen) atoms. The van der Waals surface area contributed by atoms with Crippen LogP contribution in [0.3, 0.4) is 0 Å². The fourth-order valence-electron chi connectivity index (χ4n) is 1.61. The smallest absolute Gasteiger partial charge is 0.223 e. The van der Waals surface area contributed by atoms with Gasteiger partial charge in [-0.25, -0.2) is 4.98 Å². The van der Waals surface area contributed by atoms with Crippen LogP contribution in [-0.2, 0) is 0 Å². The predicted molar refractivity (Wildman–Crippen MR) is 62.1 cm³/mol. The first-order valence-electron chi connectivity index (χ1n) is 5.14. The maximum absolute atomic E-state index is 8.61. The molecule has 0 amide bonds. The summed E-state index contributed by atoms with van der Waals surface area (Å²) in [5, 5.41) is 8.95. The number of hydrogen-bond acceptors (Lipinski definition) is 5. The van der Waals surface area contributed by atoms with Gasteiger partial charge in [-0.05, 0) is 12.8 Å². The molecule has 1 aliphatic carbocycles. The lowest BCUT2D eigenvalue weighted by atomic mass is 10.3. The van der Waals surface area contributed by atoms with Crippen LogP contribution in [0.2, 0.25) is 5.15 Å². The highest BCUT2D eigenvalue weighted by atomic mass is 35.5. The lowest BCUT2D eigenvalue weighted by Crippen LogP contribution is -2.27. The second-order valence-corrected chi connectivity index (χ2v) is 4.13. The summed E-state index contributed by atoms with van der Waals surface area (Å²) in [7, 11) is 0. The molecule has 2 N–H and O–H groups in total. The topological polar surface area (TPSA) is 78.8 Å². The average molecular weight is 238 g/mol. The minimum absolute atomic E-state index is 0.171. The molecule has 84 valence electrons. The third-order valence-corrected chi connectivity index (χ3v) is 2.64. The first kappa shape index (κ1) is 11.0. The van der Waals surface area contributed by atoms with Crippen LogP contribution >= 0.6 is 11.6 Å². The number of rotatable bonds is 4. The monoisotopic (exact) mass is 237 g/mol. The Morgan fingerprint density at radius 1 is 1.56 bits per heavy atom. The van der Waals surface area contributed by atoms with Gasteiger partial charge in [-0.15, -0.1) is 0 Å². The van der Waals surface area contributed by atoms with Gasteiger partial charge < -0.3 is 10.6 Å². The summed E-state index contributed by atoms with van der Waals surface area (Å²) in [6.45, 7) is 0.661. The van der Waals surface area contributed by atoms with Crippen molar-refractivity contribution in [3.05, 3.63) is 11.2 Å². The maximum Gasteiger partial charge on any atom is 0.223 e. The van der Waals surface area contributed by atoms with E-state index in [-0.39, 0.29) is 5.95 Å². The Balaban J connectivity index is 2.20. The molecule has 2 rings (SSSR count). The lowest BCUT2D eigenvalue weighted by Gasteiger charge is -2.22. The summed E-state index contributed by atoms with van der Waals surface area (Å²) in [5.41, 5.74) is 5.55. The third-order valence-electron chi connectivity index (χ3n) is 2.45. The van der Waals surface area contributed by atoms with Gasteiger partial charge in [-0.1, -0.05) is 11.6 Å². The first-order chi connectivity index (χ1) is 7.70. The molecule has 0 saturated heterocycles. The number of anilines is 2. The van der Waals surface area contributed by atoms with Gasteiger partial charge in [0.2, 0.25) is 5.95 Å². The number of nitrogens with two attached hydrogens (primary N) is 1. The van der Waals surface area contributed by atoms with E-state index in [2.05, 4.69) is 20.9 Å². The number of hydrogen-bond donors (Lipinski definition) is 1. The van der Waals surface area contributed by atoms with Crippen LogP contribution in [0.25, 0.3) is 0 Å². The van der Waals surface area contributed by atoms with Crippen molar-refractivity contribution in [2.45, 2.75) is 25.3 Å². The summed E-state index contributed by atoms with van der Waals surface area (Å²) < 4.78 is 0. The van der Waals surface area contributed by atoms with Crippen molar-refractivity contribution in [2.75, 3.05) is 17.2 Å². The van der Waals surface area contributed by atoms with E-state index in [1.54, 1.807) is 6.07 Å². The summed E-state index contributed by atoms with van der Waals surface area (Å²) in [5.74, 6) is 0.889. The second kappa shape index (κ2) is 4.54. The summed E-state index contributed by atoms with van der Waals surface area (Å²) in [4.78, 5) is 10.0. The van der Waals surface area contributed by atoms with Crippen LogP contribution in [0.5, 0.6) is 0 Å². The highest BCUT2D eigenvalue weighted by molar-refractivity contribution is 6.29. The van der Waals surface area contributed by atoms with Crippen LogP contribution in [-0.4, -0.2) is 22.6 Å². The summed E-state index contributed by atoms with van der Waals surface area (Å²) in [6, 6.07) is 4.29. The zero-order chi connectivity index (χ0) is 11.5. The van der Waals surface area contributed by atoms with Gasteiger partial charge in [0, 0.05) is 18.7 Å². The molecule has 1 aromatic heterocycles. The fraction of sp³-hybridized carbons (Fsp3) is 0.500. The number of nitriles is 1.